The normalized spacial score (nSPS) is 21.0. The summed E-state index contributed by atoms with van der Waals surface area (Å²) in [6, 6.07) is 17.8. The summed E-state index contributed by atoms with van der Waals surface area (Å²) in [5.41, 5.74) is 1.20. The van der Waals surface area contributed by atoms with Crippen molar-refractivity contribution in [2.45, 2.75) is 18.6 Å². The molecule has 1 atom stereocenters. The number of amides is 1. The number of ether oxygens (including phenoxy) is 2. The number of benzene rings is 2. The third kappa shape index (κ3) is 6.38. The quantitative estimate of drug-likeness (QED) is 0.431. The zero-order valence-corrected chi connectivity index (χ0v) is 22.4. The number of hydrogen-bond donors (Lipinski definition) is 0. The Morgan fingerprint density at radius 1 is 1.03 bits per heavy atom. The van der Waals surface area contributed by atoms with E-state index in [1.165, 1.54) is 12.1 Å². The molecule has 2 fully saturated rings. The number of aromatic nitrogens is 1. The molecule has 3 aromatic rings. The standard InChI is InChI=1S/C29H34ClFN4O3/c1-32-13-15-34(16-14-32)28(36)19-29(22-37-25-10-8-23(31)9-11-25)21-33(17-18-38-29)20-24-5-4-12-35(24)27-7-3-2-6-26(27)30/h2-12H,13-22H2,1H3/t29-/m1/s1. The van der Waals surface area contributed by atoms with Crippen molar-refractivity contribution in [2.75, 3.05) is 59.5 Å². The van der Waals surface area contributed by atoms with E-state index < -0.39 is 5.60 Å². The van der Waals surface area contributed by atoms with E-state index in [9.17, 15) is 9.18 Å². The Kier molecular flexibility index (Phi) is 8.33. The predicted molar refractivity (Wildman–Crippen MR) is 145 cm³/mol. The highest BCUT2D eigenvalue weighted by atomic mass is 35.5. The highest BCUT2D eigenvalue weighted by Crippen LogP contribution is 2.28. The molecule has 38 heavy (non-hydrogen) atoms. The van der Waals surface area contributed by atoms with Gasteiger partial charge >= 0.3 is 0 Å². The molecule has 202 valence electrons. The molecule has 0 aliphatic carbocycles. The van der Waals surface area contributed by atoms with Gasteiger partial charge in [-0.15, -0.1) is 0 Å². The highest BCUT2D eigenvalue weighted by Gasteiger charge is 2.41. The third-order valence-electron chi connectivity index (χ3n) is 7.30. The fourth-order valence-corrected chi connectivity index (χ4v) is 5.38. The molecular weight excluding hydrogens is 507 g/mol. The van der Waals surface area contributed by atoms with E-state index in [4.69, 9.17) is 21.1 Å². The maximum absolute atomic E-state index is 13.4. The van der Waals surface area contributed by atoms with E-state index in [2.05, 4.69) is 27.5 Å². The molecule has 0 spiro atoms. The molecule has 7 nitrogen and oxygen atoms in total. The summed E-state index contributed by atoms with van der Waals surface area (Å²) in [4.78, 5) is 19.9. The van der Waals surface area contributed by atoms with Crippen molar-refractivity contribution < 1.29 is 18.7 Å². The Labute approximate surface area is 228 Å². The Morgan fingerprint density at radius 3 is 2.55 bits per heavy atom. The molecular formula is C29H34ClFN4O3. The maximum atomic E-state index is 13.4. The average Bonchev–Trinajstić information content (AvgIpc) is 3.37. The fraction of sp³-hybridized carbons (Fsp3) is 0.414. The lowest BCUT2D eigenvalue weighted by Crippen LogP contribution is -2.58. The Bertz CT molecular complexity index is 1230. The lowest BCUT2D eigenvalue weighted by Gasteiger charge is -2.43. The molecule has 2 aliphatic rings. The minimum Gasteiger partial charge on any atom is -0.491 e. The molecule has 0 radical (unpaired) electrons. The highest BCUT2D eigenvalue weighted by molar-refractivity contribution is 6.32. The van der Waals surface area contributed by atoms with Crippen molar-refractivity contribution in [2.24, 2.45) is 0 Å². The van der Waals surface area contributed by atoms with Crippen LogP contribution in [0.1, 0.15) is 12.1 Å². The van der Waals surface area contributed by atoms with Gasteiger partial charge in [0, 0.05) is 57.7 Å². The molecule has 9 heteroatoms. The van der Waals surface area contributed by atoms with E-state index >= 15 is 0 Å². The number of morpholine rings is 1. The van der Waals surface area contributed by atoms with Crippen molar-refractivity contribution in [3.8, 4) is 11.4 Å². The van der Waals surface area contributed by atoms with E-state index in [0.717, 1.165) is 31.0 Å². The molecule has 0 bridgehead atoms. The molecule has 2 aliphatic heterocycles. The smallest absolute Gasteiger partial charge is 0.225 e. The number of para-hydroxylation sites is 1. The first kappa shape index (κ1) is 26.7. The van der Waals surface area contributed by atoms with Gasteiger partial charge in [0.15, 0.2) is 0 Å². The zero-order valence-electron chi connectivity index (χ0n) is 21.7. The van der Waals surface area contributed by atoms with Gasteiger partial charge in [0.25, 0.3) is 0 Å². The van der Waals surface area contributed by atoms with Crippen LogP contribution in [0.25, 0.3) is 5.69 Å². The van der Waals surface area contributed by atoms with Crippen LogP contribution in [0.5, 0.6) is 5.75 Å². The van der Waals surface area contributed by atoms with Crippen LogP contribution >= 0.6 is 11.6 Å². The van der Waals surface area contributed by atoms with Crippen LogP contribution in [0.2, 0.25) is 5.02 Å². The van der Waals surface area contributed by atoms with Gasteiger partial charge in [0.2, 0.25) is 5.91 Å². The molecule has 0 saturated carbocycles. The van der Waals surface area contributed by atoms with Crippen LogP contribution in [-0.4, -0.2) is 90.3 Å². The van der Waals surface area contributed by atoms with Gasteiger partial charge < -0.3 is 23.8 Å². The van der Waals surface area contributed by atoms with Crippen molar-refractivity contribution in [1.82, 2.24) is 19.3 Å². The fourth-order valence-electron chi connectivity index (χ4n) is 5.15. The summed E-state index contributed by atoms with van der Waals surface area (Å²) in [5, 5.41) is 0.687. The minimum atomic E-state index is -0.825. The van der Waals surface area contributed by atoms with Gasteiger partial charge in [-0.05, 0) is 55.6 Å². The number of carbonyl (C=O) groups excluding carboxylic acids is 1. The molecule has 2 aromatic carbocycles. The topological polar surface area (TPSA) is 50.2 Å². The van der Waals surface area contributed by atoms with Gasteiger partial charge in [0.05, 0.1) is 23.7 Å². The Balaban J connectivity index is 1.33. The van der Waals surface area contributed by atoms with Crippen molar-refractivity contribution >= 4 is 17.5 Å². The van der Waals surface area contributed by atoms with Gasteiger partial charge in [-0.3, -0.25) is 9.69 Å². The van der Waals surface area contributed by atoms with Crippen LogP contribution in [0.3, 0.4) is 0 Å². The van der Waals surface area contributed by atoms with Crippen molar-refractivity contribution in [1.29, 1.82) is 0 Å². The summed E-state index contributed by atoms with van der Waals surface area (Å²) < 4.78 is 28.0. The molecule has 1 aromatic heterocycles. The van der Waals surface area contributed by atoms with Crippen LogP contribution < -0.4 is 4.74 Å². The SMILES string of the molecule is CN1CCN(C(=O)C[C@]2(COc3ccc(F)cc3)CN(Cc3cccn3-c3ccccc3Cl)CCO2)CC1. The predicted octanol–water partition coefficient (Wildman–Crippen LogP) is 4.08. The van der Waals surface area contributed by atoms with Gasteiger partial charge in [-0.25, -0.2) is 4.39 Å². The largest absolute Gasteiger partial charge is 0.491 e. The van der Waals surface area contributed by atoms with E-state index in [-0.39, 0.29) is 24.8 Å². The first-order valence-corrected chi connectivity index (χ1v) is 13.4. The Morgan fingerprint density at radius 2 is 1.79 bits per heavy atom. The summed E-state index contributed by atoms with van der Waals surface area (Å²) in [5.74, 6) is 0.298. The number of hydrogen-bond acceptors (Lipinski definition) is 5. The molecule has 1 amide bonds. The second kappa shape index (κ2) is 11.9. The third-order valence-corrected chi connectivity index (χ3v) is 7.62. The van der Waals surface area contributed by atoms with E-state index in [0.29, 0.717) is 43.6 Å². The minimum absolute atomic E-state index is 0.0714. The van der Waals surface area contributed by atoms with Crippen molar-refractivity contribution in [3.05, 3.63) is 83.4 Å². The monoisotopic (exact) mass is 540 g/mol. The second-order valence-corrected chi connectivity index (χ2v) is 10.6. The number of piperazine rings is 1. The number of rotatable bonds is 8. The first-order valence-electron chi connectivity index (χ1n) is 13.0. The number of carbonyl (C=O) groups is 1. The van der Waals surface area contributed by atoms with Gasteiger partial charge in [-0.2, -0.15) is 0 Å². The molecule has 3 heterocycles. The van der Waals surface area contributed by atoms with Crippen LogP contribution in [0, 0.1) is 5.82 Å². The number of likely N-dealkylation sites (N-methyl/N-ethyl adjacent to an activating group) is 1. The average molecular weight is 541 g/mol. The number of nitrogens with zero attached hydrogens (tertiary/aromatic N) is 4. The lowest BCUT2D eigenvalue weighted by atomic mass is 9.96. The summed E-state index contributed by atoms with van der Waals surface area (Å²) in [6.45, 7) is 5.74. The van der Waals surface area contributed by atoms with E-state index in [1.54, 1.807) is 12.1 Å². The van der Waals surface area contributed by atoms with Gasteiger partial charge in [0.1, 0.15) is 23.8 Å². The zero-order chi connectivity index (χ0) is 26.5. The van der Waals surface area contributed by atoms with Crippen LogP contribution in [-0.2, 0) is 16.1 Å². The summed E-state index contributed by atoms with van der Waals surface area (Å²) >= 11 is 6.49. The lowest BCUT2D eigenvalue weighted by molar-refractivity contribution is -0.158. The maximum Gasteiger partial charge on any atom is 0.225 e. The molecule has 5 rings (SSSR count). The van der Waals surface area contributed by atoms with E-state index in [1.807, 2.05) is 41.4 Å². The molecule has 2 saturated heterocycles. The van der Waals surface area contributed by atoms with Crippen LogP contribution in [0.15, 0.2) is 66.9 Å². The number of halogens is 2. The Hall–Kier alpha value is -2.91. The van der Waals surface area contributed by atoms with Crippen molar-refractivity contribution in [3.63, 3.8) is 0 Å². The molecule has 0 N–H and O–H groups in total. The second-order valence-electron chi connectivity index (χ2n) is 10.2. The van der Waals surface area contributed by atoms with Crippen LogP contribution in [0.4, 0.5) is 4.39 Å². The summed E-state index contributed by atoms with van der Waals surface area (Å²) in [6.07, 6.45) is 2.23. The van der Waals surface area contributed by atoms with Gasteiger partial charge in [-0.1, -0.05) is 23.7 Å². The molecule has 0 unspecified atom stereocenters. The first-order chi connectivity index (χ1) is 18.4. The summed E-state index contributed by atoms with van der Waals surface area (Å²) in [7, 11) is 2.07.